The Labute approximate surface area is 139 Å². The average Bonchev–Trinajstić information content (AvgIpc) is 2.89. The molecular weight excluding hydrogens is 314 g/mol. The van der Waals surface area contributed by atoms with Crippen LogP contribution in [0.25, 0.3) is 0 Å². The molecule has 0 saturated heterocycles. The standard InChI is InChI=1S/C17H19NO4S/c1-3-21-17(20)16-12(2)11-15(23-16)18-14(19)9-10-22-13-7-5-4-6-8-13/h4-8,11H,3,9-10H2,1-2H3,(H,18,19). The number of thiophene rings is 1. The van der Waals surface area contributed by atoms with E-state index in [1.165, 1.54) is 11.3 Å². The van der Waals surface area contributed by atoms with E-state index in [0.29, 0.717) is 23.1 Å². The minimum atomic E-state index is -0.358. The van der Waals surface area contributed by atoms with Gasteiger partial charge < -0.3 is 14.8 Å². The molecule has 0 fully saturated rings. The number of carbonyl (C=O) groups excluding carboxylic acids is 2. The van der Waals surface area contributed by atoms with Gasteiger partial charge in [0, 0.05) is 0 Å². The summed E-state index contributed by atoms with van der Waals surface area (Å²) in [5, 5.41) is 3.41. The van der Waals surface area contributed by atoms with Gasteiger partial charge in [0.25, 0.3) is 0 Å². The highest BCUT2D eigenvalue weighted by Crippen LogP contribution is 2.27. The molecule has 0 spiro atoms. The fourth-order valence-corrected chi connectivity index (χ4v) is 2.90. The predicted octanol–water partition coefficient (Wildman–Crippen LogP) is 3.64. The molecule has 1 amide bonds. The van der Waals surface area contributed by atoms with Crippen LogP contribution in [0.1, 0.15) is 28.6 Å². The Balaban J connectivity index is 1.83. The number of para-hydroxylation sites is 1. The van der Waals surface area contributed by atoms with Crippen molar-refractivity contribution in [1.29, 1.82) is 0 Å². The highest BCUT2D eigenvalue weighted by atomic mass is 32.1. The van der Waals surface area contributed by atoms with Gasteiger partial charge in [-0.25, -0.2) is 4.79 Å². The van der Waals surface area contributed by atoms with Gasteiger partial charge in [-0.05, 0) is 37.6 Å². The highest BCUT2D eigenvalue weighted by Gasteiger charge is 2.15. The molecule has 0 aliphatic rings. The van der Waals surface area contributed by atoms with Crippen LogP contribution in [0.4, 0.5) is 5.00 Å². The van der Waals surface area contributed by atoms with Gasteiger partial charge in [0.1, 0.15) is 10.6 Å². The fourth-order valence-electron chi connectivity index (χ4n) is 1.92. The third-order valence-corrected chi connectivity index (χ3v) is 4.11. The summed E-state index contributed by atoms with van der Waals surface area (Å²) in [6, 6.07) is 11.1. The minimum Gasteiger partial charge on any atom is -0.493 e. The molecule has 23 heavy (non-hydrogen) atoms. The molecule has 0 aliphatic heterocycles. The summed E-state index contributed by atoms with van der Waals surface area (Å²) in [5.41, 5.74) is 0.796. The second-order valence-electron chi connectivity index (χ2n) is 4.80. The summed E-state index contributed by atoms with van der Waals surface area (Å²) < 4.78 is 10.5. The third-order valence-electron chi connectivity index (χ3n) is 2.98. The molecule has 0 atom stereocenters. The second-order valence-corrected chi connectivity index (χ2v) is 5.86. The Morgan fingerprint density at radius 2 is 1.96 bits per heavy atom. The van der Waals surface area contributed by atoms with Gasteiger partial charge in [-0.3, -0.25) is 4.79 Å². The van der Waals surface area contributed by atoms with Crippen LogP contribution in [0.2, 0.25) is 0 Å². The molecule has 1 heterocycles. The van der Waals surface area contributed by atoms with E-state index in [4.69, 9.17) is 9.47 Å². The summed E-state index contributed by atoms with van der Waals surface area (Å²) in [6.07, 6.45) is 0.237. The molecule has 122 valence electrons. The number of rotatable bonds is 7. The van der Waals surface area contributed by atoms with Gasteiger partial charge in [0.15, 0.2) is 0 Å². The van der Waals surface area contributed by atoms with Gasteiger partial charge >= 0.3 is 5.97 Å². The quantitative estimate of drug-likeness (QED) is 0.786. The van der Waals surface area contributed by atoms with Crippen LogP contribution in [0.5, 0.6) is 5.75 Å². The Bertz CT molecular complexity index is 666. The fraction of sp³-hybridized carbons (Fsp3) is 0.294. The van der Waals surface area contributed by atoms with E-state index in [1.807, 2.05) is 37.3 Å². The van der Waals surface area contributed by atoms with Crippen molar-refractivity contribution in [3.8, 4) is 5.75 Å². The number of benzene rings is 1. The molecule has 2 aromatic rings. The molecule has 1 N–H and O–H groups in total. The van der Waals surface area contributed by atoms with E-state index in [2.05, 4.69) is 5.32 Å². The van der Waals surface area contributed by atoms with Crippen LogP contribution >= 0.6 is 11.3 Å². The van der Waals surface area contributed by atoms with Crippen molar-refractivity contribution in [3.63, 3.8) is 0 Å². The predicted molar refractivity (Wildman–Crippen MR) is 90.2 cm³/mol. The van der Waals surface area contributed by atoms with Crippen LogP contribution in [-0.4, -0.2) is 25.1 Å². The van der Waals surface area contributed by atoms with Crippen LogP contribution in [0, 0.1) is 6.92 Å². The van der Waals surface area contributed by atoms with E-state index in [1.54, 1.807) is 13.0 Å². The smallest absolute Gasteiger partial charge is 0.348 e. The van der Waals surface area contributed by atoms with Crippen LogP contribution in [0.15, 0.2) is 36.4 Å². The first-order valence-electron chi connectivity index (χ1n) is 7.35. The van der Waals surface area contributed by atoms with E-state index < -0.39 is 0 Å². The number of amides is 1. The summed E-state index contributed by atoms with van der Waals surface area (Å²) in [5.74, 6) is 0.220. The van der Waals surface area contributed by atoms with E-state index in [0.717, 1.165) is 11.3 Å². The highest BCUT2D eigenvalue weighted by molar-refractivity contribution is 7.18. The Hall–Kier alpha value is -2.34. The van der Waals surface area contributed by atoms with Crippen LogP contribution < -0.4 is 10.1 Å². The summed E-state index contributed by atoms with van der Waals surface area (Å²) in [7, 11) is 0. The third kappa shape index (κ3) is 5.10. The van der Waals surface area contributed by atoms with Crippen molar-refractivity contribution in [3.05, 3.63) is 46.8 Å². The van der Waals surface area contributed by atoms with Gasteiger partial charge in [-0.1, -0.05) is 18.2 Å². The zero-order valence-corrected chi connectivity index (χ0v) is 13.9. The first-order valence-corrected chi connectivity index (χ1v) is 8.17. The Morgan fingerprint density at radius 1 is 1.22 bits per heavy atom. The maximum atomic E-state index is 11.9. The molecule has 0 unspecified atom stereocenters. The topological polar surface area (TPSA) is 64.6 Å². The number of aryl methyl sites for hydroxylation is 1. The minimum absolute atomic E-state index is 0.155. The van der Waals surface area contributed by atoms with Crippen molar-refractivity contribution in [1.82, 2.24) is 0 Å². The number of carbonyl (C=O) groups is 2. The lowest BCUT2D eigenvalue weighted by Gasteiger charge is -2.05. The maximum Gasteiger partial charge on any atom is 0.348 e. The zero-order valence-electron chi connectivity index (χ0n) is 13.1. The molecule has 6 heteroatoms. The largest absolute Gasteiger partial charge is 0.493 e. The molecule has 5 nitrogen and oxygen atoms in total. The first kappa shape index (κ1) is 17.0. The number of anilines is 1. The first-order chi connectivity index (χ1) is 11.1. The molecule has 0 saturated carbocycles. The Kier molecular flexibility index (Phi) is 6.17. The number of esters is 1. The number of ether oxygens (including phenoxy) is 2. The lowest BCUT2D eigenvalue weighted by Crippen LogP contribution is -2.14. The number of nitrogens with one attached hydrogen (secondary N) is 1. The molecule has 1 aromatic carbocycles. The molecule has 2 rings (SSSR count). The van der Waals surface area contributed by atoms with Crippen molar-refractivity contribution in [2.45, 2.75) is 20.3 Å². The normalized spacial score (nSPS) is 10.2. The van der Waals surface area contributed by atoms with Gasteiger partial charge in [0.2, 0.25) is 5.91 Å². The SMILES string of the molecule is CCOC(=O)c1sc(NC(=O)CCOc2ccccc2)cc1C. The lowest BCUT2D eigenvalue weighted by molar-refractivity contribution is -0.116. The summed E-state index contributed by atoms with van der Waals surface area (Å²) >= 11 is 1.22. The van der Waals surface area contributed by atoms with Gasteiger partial charge in [0.05, 0.1) is 24.6 Å². The molecular formula is C17H19NO4S. The number of hydrogen-bond acceptors (Lipinski definition) is 5. The molecule has 0 aliphatic carbocycles. The van der Waals surface area contributed by atoms with Gasteiger partial charge in [-0.15, -0.1) is 11.3 Å². The van der Waals surface area contributed by atoms with Crippen LogP contribution in [0.3, 0.4) is 0 Å². The monoisotopic (exact) mass is 333 g/mol. The van der Waals surface area contributed by atoms with Gasteiger partial charge in [-0.2, -0.15) is 0 Å². The molecule has 0 bridgehead atoms. The number of hydrogen-bond donors (Lipinski definition) is 1. The lowest BCUT2D eigenvalue weighted by atomic mass is 10.3. The van der Waals surface area contributed by atoms with Crippen molar-refractivity contribution in [2.75, 3.05) is 18.5 Å². The van der Waals surface area contributed by atoms with Crippen LogP contribution in [-0.2, 0) is 9.53 Å². The molecule has 0 radical (unpaired) electrons. The van der Waals surface area contributed by atoms with Crippen molar-refractivity contribution in [2.24, 2.45) is 0 Å². The van der Waals surface area contributed by atoms with E-state index in [-0.39, 0.29) is 18.3 Å². The summed E-state index contributed by atoms with van der Waals surface area (Å²) in [6.45, 7) is 4.20. The summed E-state index contributed by atoms with van der Waals surface area (Å²) in [4.78, 5) is 24.2. The average molecular weight is 333 g/mol. The maximum absolute atomic E-state index is 11.9. The Morgan fingerprint density at radius 3 is 2.65 bits per heavy atom. The van der Waals surface area contributed by atoms with E-state index >= 15 is 0 Å². The van der Waals surface area contributed by atoms with E-state index in [9.17, 15) is 9.59 Å². The van der Waals surface area contributed by atoms with Crippen molar-refractivity contribution >= 4 is 28.2 Å². The second kappa shape index (κ2) is 8.33. The van der Waals surface area contributed by atoms with Crippen molar-refractivity contribution < 1.29 is 19.1 Å². The molecule has 1 aromatic heterocycles. The zero-order chi connectivity index (χ0) is 16.7.